The molecule has 0 amide bonds. The number of halogens is 1. The summed E-state index contributed by atoms with van der Waals surface area (Å²) in [5.41, 5.74) is 0.943. The van der Waals surface area contributed by atoms with E-state index in [0.29, 0.717) is 12.8 Å². The standard InChI is InChI=1S/C12H13FN2O2S/c13-11-5-1-2-6-12(11)18(16,17)7-3-4-10-8-14-15-9-10/h1-2,5-6,8-9H,3-4,7H2,(H,14,15). The fraction of sp³-hybridized carbons (Fsp3) is 0.250. The number of aryl methyl sites for hydroxylation is 1. The van der Waals surface area contributed by atoms with Crippen LogP contribution in [0.2, 0.25) is 0 Å². The molecule has 0 radical (unpaired) electrons. The fourth-order valence-corrected chi connectivity index (χ4v) is 3.08. The van der Waals surface area contributed by atoms with Gasteiger partial charge in [0.05, 0.1) is 11.9 Å². The Bertz CT molecular complexity index is 609. The summed E-state index contributed by atoms with van der Waals surface area (Å²) in [6.45, 7) is 0. The van der Waals surface area contributed by atoms with E-state index in [1.54, 1.807) is 12.4 Å². The van der Waals surface area contributed by atoms with Gasteiger partial charge < -0.3 is 0 Å². The maximum absolute atomic E-state index is 13.4. The highest BCUT2D eigenvalue weighted by atomic mass is 32.2. The van der Waals surface area contributed by atoms with Gasteiger partial charge in [-0.25, -0.2) is 12.8 Å². The number of nitrogens with zero attached hydrogens (tertiary/aromatic N) is 1. The van der Waals surface area contributed by atoms with E-state index in [9.17, 15) is 12.8 Å². The SMILES string of the molecule is O=S(=O)(CCCc1cn[nH]c1)c1ccccc1F. The zero-order valence-corrected chi connectivity index (χ0v) is 10.5. The molecule has 2 aromatic rings. The fourth-order valence-electron chi connectivity index (χ4n) is 1.69. The van der Waals surface area contributed by atoms with Crippen LogP contribution in [0.1, 0.15) is 12.0 Å². The van der Waals surface area contributed by atoms with E-state index in [0.717, 1.165) is 11.6 Å². The third kappa shape index (κ3) is 2.95. The van der Waals surface area contributed by atoms with Gasteiger partial charge in [-0.05, 0) is 30.5 Å². The van der Waals surface area contributed by atoms with E-state index in [1.807, 2.05) is 0 Å². The molecule has 0 saturated carbocycles. The molecule has 0 bridgehead atoms. The Morgan fingerprint density at radius 3 is 2.72 bits per heavy atom. The molecule has 0 atom stereocenters. The number of benzene rings is 1. The second-order valence-electron chi connectivity index (χ2n) is 3.96. The van der Waals surface area contributed by atoms with E-state index >= 15 is 0 Å². The Morgan fingerprint density at radius 2 is 2.06 bits per heavy atom. The lowest BCUT2D eigenvalue weighted by Crippen LogP contribution is -2.09. The van der Waals surface area contributed by atoms with Gasteiger partial charge in [0.15, 0.2) is 9.84 Å². The van der Waals surface area contributed by atoms with Crippen molar-refractivity contribution in [3.63, 3.8) is 0 Å². The average Bonchev–Trinajstić information content (AvgIpc) is 2.82. The molecule has 0 aliphatic carbocycles. The van der Waals surface area contributed by atoms with Crippen molar-refractivity contribution in [1.82, 2.24) is 10.2 Å². The van der Waals surface area contributed by atoms with Gasteiger partial charge in [0.25, 0.3) is 0 Å². The van der Waals surface area contributed by atoms with Crippen LogP contribution in [0.25, 0.3) is 0 Å². The van der Waals surface area contributed by atoms with Crippen molar-refractivity contribution >= 4 is 9.84 Å². The highest BCUT2D eigenvalue weighted by Gasteiger charge is 2.18. The van der Waals surface area contributed by atoms with Crippen LogP contribution in [0.5, 0.6) is 0 Å². The van der Waals surface area contributed by atoms with Gasteiger partial charge >= 0.3 is 0 Å². The summed E-state index contributed by atoms with van der Waals surface area (Å²) in [5, 5.41) is 6.43. The molecule has 1 aromatic heterocycles. The zero-order valence-electron chi connectivity index (χ0n) is 9.64. The number of nitrogens with one attached hydrogen (secondary N) is 1. The van der Waals surface area contributed by atoms with Gasteiger partial charge in [-0.15, -0.1) is 0 Å². The lowest BCUT2D eigenvalue weighted by molar-refractivity contribution is 0.565. The van der Waals surface area contributed by atoms with E-state index in [4.69, 9.17) is 0 Å². The largest absolute Gasteiger partial charge is 0.285 e. The van der Waals surface area contributed by atoms with Crippen LogP contribution in [0, 0.1) is 5.82 Å². The molecule has 0 aliphatic heterocycles. The molecule has 1 aromatic carbocycles. The third-order valence-electron chi connectivity index (χ3n) is 2.61. The summed E-state index contributed by atoms with van der Waals surface area (Å²) in [5.74, 6) is -0.764. The number of rotatable bonds is 5. The van der Waals surface area contributed by atoms with Crippen molar-refractivity contribution < 1.29 is 12.8 Å². The molecule has 0 fully saturated rings. The number of sulfone groups is 1. The summed E-state index contributed by atoms with van der Waals surface area (Å²) >= 11 is 0. The summed E-state index contributed by atoms with van der Waals surface area (Å²) in [6, 6.07) is 5.44. The van der Waals surface area contributed by atoms with Crippen molar-refractivity contribution in [2.45, 2.75) is 17.7 Å². The van der Waals surface area contributed by atoms with Crippen LogP contribution in [0.15, 0.2) is 41.6 Å². The quantitative estimate of drug-likeness (QED) is 0.901. The minimum absolute atomic E-state index is 0.0703. The number of hydrogen-bond donors (Lipinski definition) is 1. The van der Waals surface area contributed by atoms with Crippen LogP contribution in [0.3, 0.4) is 0 Å². The minimum atomic E-state index is -3.55. The molecule has 2 rings (SSSR count). The monoisotopic (exact) mass is 268 g/mol. The maximum Gasteiger partial charge on any atom is 0.181 e. The molecule has 6 heteroatoms. The molecule has 0 spiro atoms. The molecule has 96 valence electrons. The Balaban J connectivity index is 2.02. The van der Waals surface area contributed by atoms with Crippen LogP contribution < -0.4 is 0 Å². The van der Waals surface area contributed by atoms with Gasteiger partial charge in [-0.3, -0.25) is 5.10 Å². The third-order valence-corrected chi connectivity index (χ3v) is 4.43. The first kappa shape index (κ1) is 12.8. The second-order valence-corrected chi connectivity index (χ2v) is 6.04. The van der Waals surface area contributed by atoms with E-state index in [-0.39, 0.29) is 10.6 Å². The van der Waals surface area contributed by atoms with Crippen LogP contribution in [-0.2, 0) is 16.3 Å². The Kier molecular flexibility index (Phi) is 3.76. The number of hydrogen-bond acceptors (Lipinski definition) is 3. The smallest absolute Gasteiger partial charge is 0.181 e. The van der Waals surface area contributed by atoms with Crippen LogP contribution in [-0.4, -0.2) is 24.4 Å². The highest BCUT2D eigenvalue weighted by Crippen LogP contribution is 2.16. The van der Waals surface area contributed by atoms with Crippen molar-refractivity contribution in [3.05, 3.63) is 48.0 Å². The first-order valence-electron chi connectivity index (χ1n) is 5.54. The summed E-state index contributed by atoms with van der Waals surface area (Å²) < 4.78 is 37.2. The molecule has 1 N–H and O–H groups in total. The predicted molar refractivity (Wildman–Crippen MR) is 65.4 cm³/mol. The molecule has 1 heterocycles. The van der Waals surface area contributed by atoms with E-state index in [2.05, 4.69) is 10.2 Å². The van der Waals surface area contributed by atoms with Crippen LogP contribution >= 0.6 is 0 Å². The number of aromatic amines is 1. The summed E-state index contributed by atoms with van der Waals surface area (Å²) in [7, 11) is -3.55. The second kappa shape index (κ2) is 5.30. The molecular formula is C12H13FN2O2S. The predicted octanol–water partition coefficient (Wildman–Crippen LogP) is 1.96. The van der Waals surface area contributed by atoms with Crippen molar-refractivity contribution in [1.29, 1.82) is 0 Å². The van der Waals surface area contributed by atoms with E-state index in [1.165, 1.54) is 18.2 Å². The number of H-pyrrole nitrogens is 1. The zero-order chi connectivity index (χ0) is 13.0. The number of aromatic nitrogens is 2. The highest BCUT2D eigenvalue weighted by molar-refractivity contribution is 7.91. The summed E-state index contributed by atoms with van der Waals surface area (Å²) in [4.78, 5) is -0.225. The first-order valence-corrected chi connectivity index (χ1v) is 7.20. The molecule has 0 aliphatic rings. The molecule has 4 nitrogen and oxygen atoms in total. The lowest BCUT2D eigenvalue weighted by atomic mass is 10.2. The first-order chi connectivity index (χ1) is 8.59. The van der Waals surface area contributed by atoms with Gasteiger partial charge in [0.1, 0.15) is 10.7 Å². The molecule has 0 saturated heterocycles. The van der Waals surface area contributed by atoms with Gasteiger partial charge in [0.2, 0.25) is 0 Å². The van der Waals surface area contributed by atoms with Crippen molar-refractivity contribution in [2.75, 3.05) is 5.75 Å². The Labute approximate surface area is 105 Å². The van der Waals surface area contributed by atoms with Gasteiger partial charge in [-0.1, -0.05) is 12.1 Å². The van der Waals surface area contributed by atoms with E-state index < -0.39 is 15.7 Å². The molecular weight excluding hydrogens is 255 g/mol. The normalized spacial score (nSPS) is 11.6. The van der Waals surface area contributed by atoms with Gasteiger partial charge in [-0.2, -0.15) is 5.10 Å². The average molecular weight is 268 g/mol. The molecule has 18 heavy (non-hydrogen) atoms. The van der Waals surface area contributed by atoms with Crippen LogP contribution in [0.4, 0.5) is 4.39 Å². The lowest BCUT2D eigenvalue weighted by Gasteiger charge is -2.04. The molecule has 0 unspecified atom stereocenters. The van der Waals surface area contributed by atoms with Gasteiger partial charge in [0, 0.05) is 6.20 Å². The topological polar surface area (TPSA) is 62.8 Å². The van der Waals surface area contributed by atoms with Crippen molar-refractivity contribution in [3.8, 4) is 0 Å². The Morgan fingerprint density at radius 1 is 1.28 bits per heavy atom. The summed E-state index contributed by atoms with van der Waals surface area (Å²) in [6.07, 6.45) is 4.41. The van der Waals surface area contributed by atoms with Crippen molar-refractivity contribution in [2.24, 2.45) is 0 Å². The maximum atomic E-state index is 13.4. The Hall–Kier alpha value is -1.69. The minimum Gasteiger partial charge on any atom is -0.285 e.